The molecule has 0 aliphatic rings. The van der Waals surface area contributed by atoms with E-state index in [0.29, 0.717) is 5.69 Å². The standard InChI is InChI=1S/C13H12FN3O/c1-8-3-4-11(9(2)16-8)17-13(18)10-5-6-15-12(14)7-10/h3-7H,1-2H3,(H,17,18). The molecule has 0 radical (unpaired) electrons. The molecule has 92 valence electrons. The second kappa shape index (κ2) is 4.91. The molecule has 2 heterocycles. The first-order valence-electron chi connectivity index (χ1n) is 5.43. The zero-order valence-corrected chi connectivity index (χ0v) is 10.1. The normalized spacial score (nSPS) is 10.2. The Bertz CT molecular complexity index is 599. The third-order valence-corrected chi connectivity index (χ3v) is 2.46. The van der Waals surface area contributed by atoms with Gasteiger partial charge in [-0.3, -0.25) is 9.78 Å². The predicted molar refractivity (Wildman–Crippen MR) is 65.9 cm³/mol. The summed E-state index contributed by atoms with van der Waals surface area (Å²) in [6.45, 7) is 3.67. The number of pyridine rings is 2. The van der Waals surface area contributed by atoms with Gasteiger partial charge in [-0.05, 0) is 32.0 Å². The van der Waals surface area contributed by atoms with Crippen LogP contribution < -0.4 is 5.32 Å². The molecule has 0 unspecified atom stereocenters. The third-order valence-electron chi connectivity index (χ3n) is 2.46. The van der Waals surface area contributed by atoms with Crippen LogP contribution in [-0.2, 0) is 0 Å². The summed E-state index contributed by atoms with van der Waals surface area (Å²) < 4.78 is 12.9. The van der Waals surface area contributed by atoms with Crippen LogP contribution >= 0.6 is 0 Å². The molecule has 0 aliphatic carbocycles. The van der Waals surface area contributed by atoms with Crippen molar-refractivity contribution >= 4 is 11.6 Å². The maximum absolute atomic E-state index is 12.9. The summed E-state index contributed by atoms with van der Waals surface area (Å²) in [4.78, 5) is 19.5. The van der Waals surface area contributed by atoms with Crippen molar-refractivity contribution in [1.82, 2.24) is 9.97 Å². The average Bonchev–Trinajstić information content (AvgIpc) is 2.32. The van der Waals surface area contributed by atoms with E-state index in [1.165, 1.54) is 12.3 Å². The number of carbonyl (C=O) groups excluding carboxylic acids is 1. The number of nitrogens with one attached hydrogen (secondary N) is 1. The fourth-order valence-electron chi connectivity index (χ4n) is 1.56. The van der Waals surface area contributed by atoms with Gasteiger partial charge < -0.3 is 5.32 Å². The molecule has 2 aromatic heterocycles. The van der Waals surface area contributed by atoms with E-state index in [0.717, 1.165) is 17.5 Å². The molecule has 0 atom stereocenters. The number of nitrogens with zero attached hydrogens (tertiary/aromatic N) is 2. The van der Waals surface area contributed by atoms with Gasteiger partial charge in [0.15, 0.2) is 0 Å². The van der Waals surface area contributed by atoms with E-state index < -0.39 is 5.95 Å². The average molecular weight is 245 g/mol. The lowest BCUT2D eigenvalue weighted by Gasteiger charge is -2.08. The number of aromatic nitrogens is 2. The van der Waals surface area contributed by atoms with Gasteiger partial charge in [0.25, 0.3) is 5.91 Å². The van der Waals surface area contributed by atoms with Crippen LogP contribution in [0.2, 0.25) is 0 Å². The minimum absolute atomic E-state index is 0.225. The van der Waals surface area contributed by atoms with E-state index in [1.807, 2.05) is 6.92 Å². The van der Waals surface area contributed by atoms with E-state index in [-0.39, 0.29) is 11.5 Å². The molecule has 2 rings (SSSR count). The van der Waals surface area contributed by atoms with Gasteiger partial charge in [0, 0.05) is 23.5 Å². The van der Waals surface area contributed by atoms with Crippen LogP contribution in [0.1, 0.15) is 21.7 Å². The minimum atomic E-state index is -0.679. The minimum Gasteiger partial charge on any atom is -0.320 e. The predicted octanol–water partition coefficient (Wildman–Crippen LogP) is 2.48. The molecule has 5 heteroatoms. The number of rotatable bonds is 2. The molecule has 0 bridgehead atoms. The third kappa shape index (κ3) is 2.68. The fourth-order valence-corrected chi connectivity index (χ4v) is 1.56. The first kappa shape index (κ1) is 12.2. The molecular formula is C13H12FN3O. The number of amides is 1. The first-order chi connectivity index (χ1) is 8.56. The van der Waals surface area contributed by atoms with Gasteiger partial charge in [0.05, 0.1) is 11.4 Å². The monoisotopic (exact) mass is 245 g/mol. The quantitative estimate of drug-likeness (QED) is 0.827. The molecule has 18 heavy (non-hydrogen) atoms. The Morgan fingerprint density at radius 3 is 2.72 bits per heavy atom. The zero-order chi connectivity index (χ0) is 13.1. The Balaban J connectivity index is 2.21. The molecular weight excluding hydrogens is 233 g/mol. The van der Waals surface area contributed by atoms with Gasteiger partial charge in [-0.1, -0.05) is 0 Å². The molecule has 0 fully saturated rings. The number of aryl methyl sites for hydroxylation is 2. The van der Waals surface area contributed by atoms with Crippen molar-refractivity contribution in [2.75, 3.05) is 5.32 Å². The van der Waals surface area contributed by atoms with E-state index in [1.54, 1.807) is 19.1 Å². The molecule has 0 aliphatic heterocycles. The second-order valence-electron chi connectivity index (χ2n) is 3.91. The molecule has 2 aromatic rings. The number of hydrogen-bond acceptors (Lipinski definition) is 3. The Labute approximate surface area is 104 Å². The van der Waals surface area contributed by atoms with Crippen LogP contribution in [0.5, 0.6) is 0 Å². The lowest BCUT2D eigenvalue weighted by Crippen LogP contribution is -2.13. The number of halogens is 1. The number of hydrogen-bond donors (Lipinski definition) is 1. The van der Waals surface area contributed by atoms with E-state index in [4.69, 9.17) is 0 Å². The summed E-state index contributed by atoms with van der Waals surface area (Å²) in [5.41, 5.74) is 2.43. The first-order valence-corrected chi connectivity index (χ1v) is 5.43. The molecule has 0 saturated heterocycles. The molecule has 1 amide bonds. The van der Waals surface area contributed by atoms with Gasteiger partial charge in [-0.15, -0.1) is 0 Å². The Kier molecular flexibility index (Phi) is 3.32. The van der Waals surface area contributed by atoms with Crippen LogP contribution in [0.15, 0.2) is 30.5 Å². The van der Waals surface area contributed by atoms with Crippen molar-refractivity contribution in [3.8, 4) is 0 Å². The van der Waals surface area contributed by atoms with Crippen molar-refractivity contribution in [3.63, 3.8) is 0 Å². The summed E-state index contributed by atoms with van der Waals surface area (Å²) in [5.74, 6) is -1.06. The zero-order valence-electron chi connectivity index (χ0n) is 10.1. The second-order valence-corrected chi connectivity index (χ2v) is 3.91. The highest BCUT2D eigenvalue weighted by Gasteiger charge is 2.09. The topological polar surface area (TPSA) is 54.9 Å². The van der Waals surface area contributed by atoms with E-state index in [9.17, 15) is 9.18 Å². The van der Waals surface area contributed by atoms with Crippen molar-refractivity contribution in [2.24, 2.45) is 0 Å². The smallest absolute Gasteiger partial charge is 0.255 e. The molecule has 0 aromatic carbocycles. The van der Waals surface area contributed by atoms with E-state index in [2.05, 4.69) is 15.3 Å². The van der Waals surface area contributed by atoms with Crippen LogP contribution in [0.3, 0.4) is 0 Å². The van der Waals surface area contributed by atoms with Crippen LogP contribution in [0, 0.1) is 19.8 Å². The molecule has 0 spiro atoms. The summed E-state index contributed by atoms with van der Waals surface area (Å²) in [5, 5.41) is 2.69. The summed E-state index contributed by atoms with van der Waals surface area (Å²) in [6, 6.07) is 6.12. The van der Waals surface area contributed by atoms with E-state index >= 15 is 0 Å². The van der Waals surface area contributed by atoms with Crippen molar-refractivity contribution in [3.05, 3.63) is 53.4 Å². The number of carbonyl (C=O) groups is 1. The van der Waals surface area contributed by atoms with Crippen molar-refractivity contribution < 1.29 is 9.18 Å². The largest absolute Gasteiger partial charge is 0.320 e. The lowest BCUT2D eigenvalue weighted by atomic mass is 10.2. The summed E-state index contributed by atoms with van der Waals surface area (Å²) in [6.07, 6.45) is 1.25. The highest BCUT2D eigenvalue weighted by Crippen LogP contribution is 2.14. The molecule has 0 saturated carbocycles. The summed E-state index contributed by atoms with van der Waals surface area (Å²) >= 11 is 0. The Hall–Kier alpha value is -2.30. The van der Waals surface area contributed by atoms with Crippen LogP contribution in [-0.4, -0.2) is 15.9 Å². The van der Waals surface area contributed by atoms with Gasteiger partial charge >= 0.3 is 0 Å². The van der Waals surface area contributed by atoms with Crippen molar-refractivity contribution in [1.29, 1.82) is 0 Å². The SMILES string of the molecule is Cc1ccc(NC(=O)c2ccnc(F)c2)c(C)n1. The van der Waals surface area contributed by atoms with Gasteiger partial charge in [0.1, 0.15) is 0 Å². The van der Waals surface area contributed by atoms with Gasteiger partial charge in [0.2, 0.25) is 5.95 Å². The van der Waals surface area contributed by atoms with Gasteiger partial charge in [-0.2, -0.15) is 4.39 Å². The fraction of sp³-hybridized carbons (Fsp3) is 0.154. The number of anilines is 1. The maximum atomic E-state index is 12.9. The van der Waals surface area contributed by atoms with Crippen LogP contribution in [0.25, 0.3) is 0 Å². The Morgan fingerprint density at radius 1 is 1.28 bits per heavy atom. The highest BCUT2D eigenvalue weighted by molar-refractivity contribution is 6.04. The lowest BCUT2D eigenvalue weighted by molar-refractivity contribution is 0.102. The molecule has 4 nitrogen and oxygen atoms in total. The van der Waals surface area contributed by atoms with Gasteiger partial charge in [-0.25, -0.2) is 4.98 Å². The molecule has 1 N–H and O–H groups in total. The van der Waals surface area contributed by atoms with Crippen LogP contribution in [0.4, 0.5) is 10.1 Å². The van der Waals surface area contributed by atoms with Crippen molar-refractivity contribution in [2.45, 2.75) is 13.8 Å². The highest BCUT2D eigenvalue weighted by atomic mass is 19.1. The maximum Gasteiger partial charge on any atom is 0.255 e. The Morgan fingerprint density at radius 2 is 2.06 bits per heavy atom. The summed E-state index contributed by atoms with van der Waals surface area (Å²) in [7, 11) is 0.